The highest BCUT2D eigenvalue weighted by atomic mass is 16.4. The standard InChI is InChI=1S/C40H65N9O11/c1-10-22(6)32(49-35(54)25(9)43-34(53)24(8)44-37(56)29(19-50)48-38(57)31(41)21(4)5)39(58)45-23(7)33(52)42-18-30(51)46-27(16-20(2)3)36(55)47-28(40(59)60)17-26-14-12-11-13-15-26/h11-15,20-25,27-29,31-32,50H,10,16-19,41H2,1-9H3,(H,42,52)(H,43,53)(H,44,56)(H,45,58)(H,46,51)(H,47,55)(H,48,57)(H,49,54)(H,59,60)/t22-,23-,24-,25-,27-,28-,29-,31-,32-/m0/s1. The minimum Gasteiger partial charge on any atom is -0.480 e. The molecular formula is C40H65N9O11. The highest BCUT2D eigenvalue weighted by molar-refractivity contribution is 5.97. The first kappa shape index (κ1) is 52.4. The lowest BCUT2D eigenvalue weighted by Crippen LogP contribution is -2.59. The highest BCUT2D eigenvalue weighted by Gasteiger charge is 2.32. The molecule has 60 heavy (non-hydrogen) atoms. The molecule has 12 N–H and O–H groups in total. The van der Waals surface area contributed by atoms with E-state index in [1.807, 2.05) is 13.8 Å². The van der Waals surface area contributed by atoms with Crippen molar-refractivity contribution in [2.75, 3.05) is 13.2 Å². The van der Waals surface area contributed by atoms with Gasteiger partial charge in [0.1, 0.15) is 42.3 Å². The van der Waals surface area contributed by atoms with E-state index in [0.29, 0.717) is 12.0 Å². The van der Waals surface area contributed by atoms with Crippen LogP contribution in [-0.2, 0) is 49.6 Å². The molecule has 0 radical (unpaired) electrons. The number of rotatable bonds is 25. The maximum Gasteiger partial charge on any atom is 0.326 e. The molecule has 0 aliphatic rings. The number of benzene rings is 1. The molecule has 1 rings (SSSR count). The highest BCUT2D eigenvalue weighted by Crippen LogP contribution is 2.10. The van der Waals surface area contributed by atoms with Crippen LogP contribution < -0.4 is 48.3 Å². The second kappa shape index (κ2) is 25.8. The van der Waals surface area contributed by atoms with E-state index in [9.17, 15) is 53.4 Å². The number of aliphatic hydroxyl groups is 1. The van der Waals surface area contributed by atoms with Gasteiger partial charge in [0.2, 0.25) is 47.3 Å². The average Bonchev–Trinajstić information content (AvgIpc) is 3.19. The van der Waals surface area contributed by atoms with E-state index < -0.39 is 121 Å². The molecular weight excluding hydrogens is 782 g/mol. The minimum absolute atomic E-state index is 0.0217. The van der Waals surface area contributed by atoms with Crippen LogP contribution in [0.3, 0.4) is 0 Å². The lowest BCUT2D eigenvalue weighted by molar-refractivity contribution is -0.142. The Hall–Kier alpha value is -5.63. The van der Waals surface area contributed by atoms with Crippen LogP contribution in [0.25, 0.3) is 0 Å². The second-order valence-corrected chi connectivity index (χ2v) is 15.6. The first-order valence-corrected chi connectivity index (χ1v) is 20.0. The Morgan fingerprint density at radius 1 is 0.600 bits per heavy atom. The number of amides is 8. The summed E-state index contributed by atoms with van der Waals surface area (Å²) in [5.74, 6) is -7.99. The minimum atomic E-state index is -1.39. The number of carbonyl (C=O) groups is 9. The van der Waals surface area contributed by atoms with Gasteiger partial charge < -0.3 is 58.5 Å². The predicted octanol–water partition coefficient (Wildman–Crippen LogP) is -2.05. The molecule has 1 aromatic rings. The summed E-state index contributed by atoms with van der Waals surface area (Å²) in [7, 11) is 0. The Kier molecular flexibility index (Phi) is 22.5. The van der Waals surface area contributed by atoms with Crippen LogP contribution in [0, 0.1) is 17.8 Å². The Labute approximate surface area is 351 Å². The molecule has 0 unspecified atom stereocenters. The summed E-state index contributed by atoms with van der Waals surface area (Å²) in [6.45, 7) is 13.2. The van der Waals surface area contributed by atoms with Gasteiger partial charge in [-0.2, -0.15) is 0 Å². The molecule has 0 saturated heterocycles. The largest absolute Gasteiger partial charge is 0.480 e. The molecule has 0 aliphatic carbocycles. The first-order chi connectivity index (χ1) is 28.0. The number of carboxylic acid groups (broad SMARTS) is 1. The number of hydrogen-bond acceptors (Lipinski definition) is 11. The summed E-state index contributed by atoms with van der Waals surface area (Å²) in [6.07, 6.45) is 0.628. The van der Waals surface area contributed by atoms with Crippen LogP contribution in [0.4, 0.5) is 0 Å². The summed E-state index contributed by atoms with van der Waals surface area (Å²) in [4.78, 5) is 115. The van der Waals surface area contributed by atoms with Gasteiger partial charge in [-0.3, -0.25) is 38.4 Å². The van der Waals surface area contributed by atoms with Crippen molar-refractivity contribution >= 4 is 53.2 Å². The Morgan fingerprint density at radius 3 is 1.62 bits per heavy atom. The normalized spacial score (nSPS) is 15.6. The Morgan fingerprint density at radius 2 is 1.10 bits per heavy atom. The third-order valence-corrected chi connectivity index (χ3v) is 9.57. The zero-order valence-electron chi connectivity index (χ0n) is 35.9. The van der Waals surface area contributed by atoms with Gasteiger partial charge in [-0.05, 0) is 50.5 Å². The van der Waals surface area contributed by atoms with Crippen molar-refractivity contribution in [1.29, 1.82) is 0 Å². The summed E-state index contributed by atoms with van der Waals surface area (Å²) in [6, 6.07) is -0.712. The van der Waals surface area contributed by atoms with Crippen LogP contribution in [0.15, 0.2) is 30.3 Å². The van der Waals surface area contributed by atoms with Gasteiger partial charge in [0.05, 0.1) is 19.2 Å². The SMILES string of the molecule is CC[C@H](C)[C@H](NC(=O)[C@H](C)NC(=O)[C@H](C)NC(=O)[C@H](CO)NC(=O)[C@@H](N)C(C)C)C(=O)N[C@@H](C)C(=O)NCC(=O)N[C@@H](CC(C)C)C(=O)N[C@@H](Cc1ccccc1)C(=O)O. The molecule has 0 fully saturated rings. The van der Waals surface area contributed by atoms with E-state index in [2.05, 4.69) is 42.5 Å². The summed E-state index contributed by atoms with van der Waals surface area (Å²) in [5, 5.41) is 39.0. The summed E-state index contributed by atoms with van der Waals surface area (Å²) < 4.78 is 0. The number of aliphatic hydroxyl groups excluding tert-OH is 1. The molecule has 9 atom stereocenters. The number of carbonyl (C=O) groups excluding carboxylic acids is 8. The molecule has 20 heteroatoms. The van der Waals surface area contributed by atoms with Gasteiger partial charge >= 0.3 is 5.97 Å². The van der Waals surface area contributed by atoms with E-state index in [1.165, 1.54) is 20.8 Å². The van der Waals surface area contributed by atoms with Gasteiger partial charge in [0.25, 0.3) is 0 Å². The third kappa shape index (κ3) is 18.1. The topological polar surface area (TPSA) is 316 Å². The lowest BCUT2D eigenvalue weighted by Gasteiger charge is -2.27. The lowest BCUT2D eigenvalue weighted by atomic mass is 9.97. The van der Waals surface area contributed by atoms with Crippen LogP contribution in [0.2, 0.25) is 0 Å². The molecule has 336 valence electrons. The molecule has 20 nitrogen and oxygen atoms in total. The average molecular weight is 848 g/mol. The van der Waals surface area contributed by atoms with Gasteiger partial charge in [-0.25, -0.2) is 4.79 Å². The number of hydrogen-bond donors (Lipinski definition) is 11. The number of nitrogens with one attached hydrogen (secondary N) is 8. The van der Waals surface area contributed by atoms with E-state index in [-0.39, 0.29) is 24.7 Å². The predicted molar refractivity (Wildman–Crippen MR) is 220 cm³/mol. The van der Waals surface area contributed by atoms with E-state index in [1.54, 1.807) is 58.0 Å². The Balaban J connectivity index is 2.81. The van der Waals surface area contributed by atoms with Crippen molar-refractivity contribution < 1.29 is 53.4 Å². The molecule has 0 saturated carbocycles. The zero-order chi connectivity index (χ0) is 45.9. The summed E-state index contributed by atoms with van der Waals surface area (Å²) >= 11 is 0. The molecule has 8 amide bonds. The fraction of sp³-hybridized carbons (Fsp3) is 0.625. The van der Waals surface area contributed by atoms with Gasteiger partial charge in [-0.1, -0.05) is 78.3 Å². The van der Waals surface area contributed by atoms with Gasteiger partial charge in [0.15, 0.2) is 0 Å². The number of carboxylic acids is 1. The molecule has 0 aromatic heterocycles. The molecule has 1 aromatic carbocycles. The van der Waals surface area contributed by atoms with Crippen LogP contribution in [0.1, 0.15) is 80.7 Å². The van der Waals surface area contributed by atoms with E-state index in [4.69, 9.17) is 5.73 Å². The van der Waals surface area contributed by atoms with Crippen molar-refractivity contribution in [1.82, 2.24) is 42.5 Å². The third-order valence-electron chi connectivity index (χ3n) is 9.57. The fourth-order valence-corrected chi connectivity index (χ4v) is 5.49. The van der Waals surface area contributed by atoms with Crippen LogP contribution >= 0.6 is 0 Å². The zero-order valence-corrected chi connectivity index (χ0v) is 35.9. The Bertz CT molecular complexity index is 1640. The summed E-state index contributed by atoms with van der Waals surface area (Å²) in [5.41, 5.74) is 6.48. The molecule has 0 bridgehead atoms. The first-order valence-electron chi connectivity index (χ1n) is 20.0. The quantitative estimate of drug-likeness (QED) is 0.0507. The maximum atomic E-state index is 13.4. The fourth-order valence-electron chi connectivity index (χ4n) is 5.49. The van der Waals surface area contributed by atoms with E-state index >= 15 is 0 Å². The van der Waals surface area contributed by atoms with Crippen LogP contribution in [-0.4, -0.2) is 125 Å². The van der Waals surface area contributed by atoms with E-state index in [0.717, 1.165) is 0 Å². The van der Waals surface area contributed by atoms with Gasteiger partial charge in [0, 0.05) is 6.42 Å². The van der Waals surface area contributed by atoms with Crippen molar-refractivity contribution in [2.45, 2.75) is 130 Å². The van der Waals surface area contributed by atoms with Crippen LogP contribution in [0.5, 0.6) is 0 Å². The number of aliphatic carboxylic acids is 1. The van der Waals surface area contributed by atoms with Crippen molar-refractivity contribution in [2.24, 2.45) is 23.5 Å². The molecule has 0 spiro atoms. The molecule has 0 aliphatic heterocycles. The van der Waals surface area contributed by atoms with Crippen molar-refractivity contribution in [3.8, 4) is 0 Å². The monoisotopic (exact) mass is 847 g/mol. The second-order valence-electron chi connectivity index (χ2n) is 15.6. The van der Waals surface area contributed by atoms with Gasteiger partial charge in [-0.15, -0.1) is 0 Å². The van der Waals surface area contributed by atoms with Crippen molar-refractivity contribution in [3.05, 3.63) is 35.9 Å². The smallest absolute Gasteiger partial charge is 0.326 e. The van der Waals surface area contributed by atoms with Crippen molar-refractivity contribution in [3.63, 3.8) is 0 Å². The number of nitrogens with two attached hydrogens (primary N) is 1. The maximum absolute atomic E-state index is 13.4. The molecule has 0 heterocycles.